The van der Waals surface area contributed by atoms with Gasteiger partial charge >= 0.3 is 6.09 Å². The predicted octanol–water partition coefficient (Wildman–Crippen LogP) is 3.73. The molecule has 3 heterocycles. The molecule has 4 rings (SSSR count). The van der Waals surface area contributed by atoms with Crippen LogP contribution in [0.5, 0.6) is 0 Å². The third-order valence-electron chi connectivity index (χ3n) is 5.91. The molecule has 30 heavy (non-hydrogen) atoms. The van der Waals surface area contributed by atoms with Gasteiger partial charge in [-0.2, -0.15) is 0 Å². The Labute approximate surface area is 176 Å². The normalized spacial score (nSPS) is 21.0. The standard InChI is InChI=1S/C23H29N3O4/c1-23(2,3)30-22(29)25-11-8-15(9-12-25)16-4-5-18-17(14-16)10-13-26(18)19-6-7-20(27)24-21(19)28/h4-5,10,13-15,19H,6-9,11-12H2,1-3H3,(H,24,27,28)/t19-/m0/s1. The number of carbonyl (C=O) groups excluding carboxylic acids is 3. The number of rotatable bonds is 2. The number of hydrogen-bond acceptors (Lipinski definition) is 4. The molecule has 0 aliphatic carbocycles. The van der Waals surface area contributed by atoms with Gasteiger partial charge in [0.25, 0.3) is 0 Å². The second kappa shape index (κ2) is 7.78. The highest BCUT2D eigenvalue weighted by atomic mass is 16.6. The van der Waals surface area contributed by atoms with E-state index in [1.807, 2.05) is 37.6 Å². The number of carbonyl (C=O) groups is 3. The summed E-state index contributed by atoms with van der Waals surface area (Å²) in [4.78, 5) is 37.7. The van der Waals surface area contributed by atoms with Gasteiger partial charge in [-0.1, -0.05) is 6.07 Å². The van der Waals surface area contributed by atoms with Crippen LogP contribution in [0.3, 0.4) is 0 Å². The number of amides is 3. The molecule has 1 atom stereocenters. The molecule has 2 aliphatic rings. The number of hydrogen-bond donors (Lipinski definition) is 1. The third kappa shape index (κ3) is 4.20. The van der Waals surface area contributed by atoms with E-state index < -0.39 is 5.60 Å². The van der Waals surface area contributed by atoms with E-state index in [-0.39, 0.29) is 23.9 Å². The fraction of sp³-hybridized carbons (Fsp3) is 0.522. The number of fused-ring (bicyclic) bond motifs is 1. The zero-order chi connectivity index (χ0) is 21.5. The van der Waals surface area contributed by atoms with Gasteiger partial charge in [-0.25, -0.2) is 4.79 Å². The zero-order valence-corrected chi connectivity index (χ0v) is 17.8. The fourth-order valence-electron chi connectivity index (χ4n) is 4.38. The molecule has 1 N–H and O–H groups in total. The Morgan fingerprint density at radius 2 is 1.83 bits per heavy atom. The van der Waals surface area contributed by atoms with Crippen molar-refractivity contribution in [2.24, 2.45) is 0 Å². The molecular weight excluding hydrogens is 382 g/mol. The van der Waals surface area contributed by atoms with Crippen molar-refractivity contribution in [3.05, 3.63) is 36.0 Å². The molecule has 7 nitrogen and oxygen atoms in total. The van der Waals surface area contributed by atoms with Gasteiger partial charge in [0.2, 0.25) is 11.8 Å². The Balaban J connectivity index is 1.45. The number of aromatic nitrogens is 1. The maximum atomic E-state index is 12.3. The summed E-state index contributed by atoms with van der Waals surface area (Å²) in [5.41, 5.74) is 1.78. The minimum absolute atomic E-state index is 0.201. The molecule has 2 aromatic rings. The van der Waals surface area contributed by atoms with Gasteiger partial charge < -0.3 is 14.2 Å². The quantitative estimate of drug-likeness (QED) is 0.764. The molecule has 160 valence electrons. The van der Waals surface area contributed by atoms with Crippen molar-refractivity contribution in [3.8, 4) is 0 Å². The lowest BCUT2D eigenvalue weighted by Crippen LogP contribution is -2.41. The van der Waals surface area contributed by atoms with Gasteiger partial charge in [-0.05, 0) is 75.1 Å². The molecule has 2 aliphatic heterocycles. The molecule has 7 heteroatoms. The highest BCUT2D eigenvalue weighted by molar-refractivity contribution is 6.00. The van der Waals surface area contributed by atoms with Gasteiger partial charge in [0, 0.05) is 31.2 Å². The number of imide groups is 1. The molecule has 2 fully saturated rings. The highest BCUT2D eigenvalue weighted by Crippen LogP contribution is 2.32. The monoisotopic (exact) mass is 411 g/mol. The maximum absolute atomic E-state index is 12.3. The Hall–Kier alpha value is -2.83. The first-order valence-corrected chi connectivity index (χ1v) is 10.6. The molecule has 0 unspecified atom stereocenters. The van der Waals surface area contributed by atoms with Crippen LogP contribution in [0, 0.1) is 0 Å². The Morgan fingerprint density at radius 3 is 2.50 bits per heavy atom. The van der Waals surface area contributed by atoms with E-state index >= 15 is 0 Å². The molecule has 2 saturated heterocycles. The first-order chi connectivity index (χ1) is 14.2. The van der Waals surface area contributed by atoms with Crippen LogP contribution in [0.2, 0.25) is 0 Å². The van der Waals surface area contributed by atoms with Crippen LogP contribution in [0.25, 0.3) is 10.9 Å². The summed E-state index contributed by atoms with van der Waals surface area (Å²) in [5, 5.41) is 3.52. The average Bonchev–Trinajstić information content (AvgIpc) is 3.10. The van der Waals surface area contributed by atoms with Crippen molar-refractivity contribution in [1.82, 2.24) is 14.8 Å². The lowest BCUT2D eigenvalue weighted by molar-refractivity contribution is -0.135. The summed E-state index contributed by atoms with van der Waals surface area (Å²) in [5.74, 6) is -0.0397. The summed E-state index contributed by atoms with van der Waals surface area (Å²) < 4.78 is 7.45. The largest absolute Gasteiger partial charge is 0.444 e. The minimum Gasteiger partial charge on any atom is -0.444 e. The Morgan fingerprint density at radius 1 is 1.10 bits per heavy atom. The molecule has 0 bridgehead atoms. The smallest absolute Gasteiger partial charge is 0.410 e. The van der Waals surface area contributed by atoms with Crippen LogP contribution in [0.15, 0.2) is 30.5 Å². The summed E-state index contributed by atoms with van der Waals surface area (Å²) in [7, 11) is 0. The number of nitrogens with one attached hydrogen (secondary N) is 1. The molecule has 0 spiro atoms. The van der Waals surface area contributed by atoms with Crippen molar-refractivity contribution in [1.29, 1.82) is 0 Å². The van der Waals surface area contributed by atoms with Crippen LogP contribution >= 0.6 is 0 Å². The summed E-state index contributed by atoms with van der Waals surface area (Å²) in [6.07, 6.45) is 4.39. The van der Waals surface area contributed by atoms with Crippen LogP contribution in [-0.2, 0) is 14.3 Å². The van der Waals surface area contributed by atoms with Gasteiger partial charge in [0.05, 0.1) is 0 Å². The van der Waals surface area contributed by atoms with E-state index in [1.165, 1.54) is 5.56 Å². The van der Waals surface area contributed by atoms with Gasteiger partial charge in [0.15, 0.2) is 0 Å². The highest BCUT2D eigenvalue weighted by Gasteiger charge is 2.30. The minimum atomic E-state index is -0.478. The van der Waals surface area contributed by atoms with Crippen LogP contribution < -0.4 is 5.32 Å². The number of ether oxygens (including phenoxy) is 1. The number of benzene rings is 1. The third-order valence-corrected chi connectivity index (χ3v) is 5.91. The van der Waals surface area contributed by atoms with E-state index in [0.717, 1.165) is 23.7 Å². The van der Waals surface area contributed by atoms with E-state index in [1.54, 1.807) is 4.90 Å². The summed E-state index contributed by atoms with van der Waals surface area (Å²) in [6, 6.07) is 8.06. The first-order valence-electron chi connectivity index (χ1n) is 10.6. The molecule has 1 aromatic carbocycles. The van der Waals surface area contributed by atoms with Crippen LogP contribution in [0.1, 0.15) is 64.0 Å². The Bertz CT molecular complexity index is 980. The van der Waals surface area contributed by atoms with Crippen LogP contribution in [-0.4, -0.2) is 46.1 Å². The van der Waals surface area contributed by atoms with Gasteiger partial charge in [-0.3, -0.25) is 14.9 Å². The second-order valence-corrected chi connectivity index (χ2v) is 9.25. The summed E-state index contributed by atoms with van der Waals surface area (Å²) in [6.45, 7) is 7.03. The van der Waals surface area contributed by atoms with E-state index in [0.29, 0.717) is 31.8 Å². The number of nitrogens with zero attached hydrogens (tertiary/aromatic N) is 2. The Kier molecular flexibility index (Phi) is 5.30. The zero-order valence-electron chi connectivity index (χ0n) is 17.8. The SMILES string of the molecule is CC(C)(C)OC(=O)N1CCC(c2ccc3c(ccn3[C@H]3CCC(=O)NC3=O)c2)CC1. The number of piperidine rings is 2. The topological polar surface area (TPSA) is 80.6 Å². The van der Waals surface area contributed by atoms with Crippen LogP contribution in [0.4, 0.5) is 4.79 Å². The van der Waals surface area contributed by atoms with Gasteiger partial charge in [-0.15, -0.1) is 0 Å². The second-order valence-electron chi connectivity index (χ2n) is 9.25. The molecule has 0 radical (unpaired) electrons. The molecule has 3 amide bonds. The van der Waals surface area contributed by atoms with E-state index in [2.05, 4.69) is 23.5 Å². The average molecular weight is 412 g/mol. The lowest BCUT2D eigenvalue weighted by atomic mass is 9.89. The molecular formula is C23H29N3O4. The molecule has 0 saturated carbocycles. The van der Waals surface area contributed by atoms with E-state index in [9.17, 15) is 14.4 Å². The van der Waals surface area contributed by atoms with Crippen molar-refractivity contribution in [2.45, 2.75) is 64.0 Å². The molecule has 1 aromatic heterocycles. The van der Waals surface area contributed by atoms with Crippen molar-refractivity contribution in [2.75, 3.05) is 13.1 Å². The van der Waals surface area contributed by atoms with Crippen molar-refractivity contribution < 1.29 is 19.1 Å². The van der Waals surface area contributed by atoms with Crippen molar-refractivity contribution in [3.63, 3.8) is 0 Å². The number of likely N-dealkylation sites (tertiary alicyclic amines) is 1. The van der Waals surface area contributed by atoms with E-state index in [4.69, 9.17) is 4.74 Å². The maximum Gasteiger partial charge on any atom is 0.410 e. The fourth-order valence-corrected chi connectivity index (χ4v) is 4.38. The van der Waals surface area contributed by atoms with Crippen molar-refractivity contribution >= 4 is 28.8 Å². The summed E-state index contributed by atoms with van der Waals surface area (Å²) >= 11 is 0. The first kappa shape index (κ1) is 20.4. The predicted molar refractivity (Wildman–Crippen MR) is 113 cm³/mol. The van der Waals surface area contributed by atoms with Gasteiger partial charge in [0.1, 0.15) is 11.6 Å². The lowest BCUT2D eigenvalue weighted by Gasteiger charge is -2.33.